The largest absolute Gasteiger partial charge is 0.396 e. The average Bonchev–Trinajstić information content (AvgIpc) is 2.79. The lowest BCUT2D eigenvalue weighted by atomic mass is 10.2. The number of hydrogen-bond donors (Lipinski definition) is 1. The molecule has 2 rings (SSSR count). The van der Waals surface area contributed by atoms with Crippen LogP contribution in [0.5, 0.6) is 0 Å². The van der Waals surface area contributed by atoms with E-state index in [0.717, 1.165) is 18.4 Å². The van der Waals surface area contributed by atoms with Gasteiger partial charge in [0, 0.05) is 31.0 Å². The number of aliphatic hydroxyl groups is 1. The number of aliphatic hydroxyl groups excluding tert-OH is 1. The fraction of sp³-hybridized carbons (Fsp3) is 0.364. The highest BCUT2D eigenvalue weighted by molar-refractivity contribution is 5.51. The van der Waals surface area contributed by atoms with Crippen LogP contribution in [0.3, 0.4) is 0 Å². The Bertz CT molecular complexity index is 428. The molecule has 2 heterocycles. The molecule has 0 radical (unpaired) electrons. The lowest BCUT2D eigenvalue weighted by Crippen LogP contribution is -1.89. The highest BCUT2D eigenvalue weighted by Gasteiger charge is 2.07. The molecule has 0 unspecified atom stereocenters. The minimum atomic E-state index is 0.198. The van der Waals surface area contributed by atoms with E-state index >= 15 is 0 Å². The SMILES string of the molecule is OCCCCc1nc(-c2cccnc2)no1. The van der Waals surface area contributed by atoms with Gasteiger partial charge in [-0.1, -0.05) is 5.16 Å². The van der Waals surface area contributed by atoms with Gasteiger partial charge in [-0.2, -0.15) is 4.98 Å². The molecule has 0 fully saturated rings. The predicted molar refractivity (Wildman–Crippen MR) is 57.6 cm³/mol. The zero-order valence-corrected chi connectivity index (χ0v) is 8.83. The van der Waals surface area contributed by atoms with E-state index in [1.807, 2.05) is 12.1 Å². The first kappa shape index (κ1) is 10.8. The van der Waals surface area contributed by atoms with Crippen LogP contribution in [-0.2, 0) is 6.42 Å². The smallest absolute Gasteiger partial charge is 0.226 e. The molecule has 2 aromatic heterocycles. The van der Waals surface area contributed by atoms with Gasteiger partial charge in [-0.25, -0.2) is 0 Å². The summed E-state index contributed by atoms with van der Waals surface area (Å²) < 4.78 is 5.10. The summed E-state index contributed by atoms with van der Waals surface area (Å²) in [5.41, 5.74) is 0.847. The Kier molecular flexibility index (Phi) is 3.61. The van der Waals surface area contributed by atoms with E-state index in [1.165, 1.54) is 0 Å². The number of pyridine rings is 1. The molecule has 0 spiro atoms. The Morgan fingerprint density at radius 2 is 2.25 bits per heavy atom. The van der Waals surface area contributed by atoms with Crippen LogP contribution in [0.15, 0.2) is 29.0 Å². The second kappa shape index (κ2) is 5.37. The summed E-state index contributed by atoms with van der Waals surface area (Å²) in [6.07, 6.45) is 5.71. The van der Waals surface area contributed by atoms with Gasteiger partial charge in [-0.15, -0.1) is 0 Å². The van der Waals surface area contributed by atoms with E-state index in [0.29, 0.717) is 18.1 Å². The van der Waals surface area contributed by atoms with Gasteiger partial charge in [0.05, 0.1) is 0 Å². The van der Waals surface area contributed by atoms with Crippen LogP contribution in [0.4, 0.5) is 0 Å². The Labute approximate surface area is 93.1 Å². The Morgan fingerprint density at radius 3 is 3.00 bits per heavy atom. The summed E-state index contributed by atoms with van der Waals surface area (Å²) in [4.78, 5) is 8.24. The van der Waals surface area contributed by atoms with Crippen molar-refractivity contribution >= 4 is 0 Å². The van der Waals surface area contributed by atoms with Crippen LogP contribution in [0.2, 0.25) is 0 Å². The lowest BCUT2D eigenvalue weighted by molar-refractivity contribution is 0.281. The van der Waals surface area contributed by atoms with Crippen LogP contribution in [-0.4, -0.2) is 26.8 Å². The summed E-state index contributed by atoms with van der Waals surface area (Å²) in [6, 6.07) is 3.71. The molecule has 2 aromatic rings. The maximum Gasteiger partial charge on any atom is 0.226 e. The number of hydrogen-bond acceptors (Lipinski definition) is 5. The van der Waals surface area contributed by atoms with E-state index in [1.54, 1.807) is 12.4 Å². The molecule has 0 aromatic carbocycles. The molecular formula is C11H13N3O2. The normalized spacial score (nSPS) is 10.6. The fourth-order valence-electron chi connectivity index (χ4n) is 1.36. The third kappa shape index (κ3) is 2.64. The van der Waals surface area contributed by atoms with Crippen molar-refractivity contribution in [2.45, 2.75) is 19.3 Å². The molecule has 5 nitrogen and oxygen atoms in total. The maximum absolute atomic E-state index is 8.65. The lowest BCUT2D eigenvalue weighted by Gasteiger charge is -1.91. The minimum absolute atomic E-state index is 0.198. The molecule has 0 bridgehead atoms. The summed E-state index contributed by atoms with van der Waals surface area (Å²) in [7, 11) is 0. The number of aromatic nitrogens is 3. The van der Waals surface area contributed by atoms with Crippen molar-refractivity contribution in [3.63, 3.8) is 0 Å². The molecular weight excluding hydrogens is 206 g/mol. The van der Waals surface area contributed by atoms with Crippen LogP contribution in [0, 0.1) is 0 Å². The number of aryl methyl sites for hydroxylation is 1. The van der Waals surface area contributed by atoms with Crippen LogP contribution in [0.25, 0.3) is 11.4 Å². The highest BCUT2D eigenvalue weighted by Crippen LogP contribution is 2.14. The average molecular weight is 219 g/mol. The molecule has 84 valence electrons. The summed E-state index contributed by atoms with van der Waals surface area (Å²) in [6.45, 7) is 0.198. The monoisotopic (exact) mass is 219 g/mol. The number of rotatable bonds is 5. The molecule has 16 heavy (non-hydrogen) atoms. The summed E-state index contributed by atoms with van der Waals surface area (Å²) in [5, 5.41) is 12.5. The molecule has 0 saturated carbocycles. The Balaban J connectivity index is 2.02. The maximum atomic E-state index is 8.65. The van der Waals surface area contributed by atoms with Gasteiger partial charge in [-0.05, 0) is 25.0 Å². The van der Waals surface area contributed by atoms with E-state index in [2.05, 4.69) is 15.1 Å². The molecule has 0 saturated heterocycles. The van der Waals surface area contributed by atoms with Gasteiger partial charge >= 0.3 is 0 Å². The predicted octanol–water partition coefficient (Wildman–Crippen LogP) is 1.45. The summed E-state index contributed by atoms with van der Waals surface area (Å²) in [5.74, 6) is 1.17. The van der Waals surface area contributed by atoms with Gasteiger partial charge in [0.15, 0.2) is 0 Å². The van der Waals surface area contributed by atoms with Crippen LogP contribution < -0.4 is 0 Å². The third-order valence-electron chi connectivity index (χ3n) is 2.19. The topological polar surface area (TPSA) is 72.0 Å². The summed E-state index contributed by atoms with van der Waals surface area (Å²) >= 11 is 0. The number of nitrogens with zero attached hydrogens (tertiary/aromatic N) is 3. The van der Waals surface area contributed by atoms with E-state index < -0.39 is 0 Å². The van der Waals surface area contributed by atoms with E-state index in [4.69, 9.17) is 9.63 Å². The van der Waals surface area contributed by atoms with Gasteiger partial charge in [0.25, 0.3) is 0 Å². The van der Waals surface area contributed by atoms with Gasteiger partial charge in [0.1, 0.15) is 0 Å². The van der Waals surface area contributed by atoms with Crippen molar-refractivity contribution in [3.05, 3.63) is 30.4 Å². The molecule has 0 aliphatic heterocycles. The molecule has 0 amide bonds. The molecule has 1 N–H and O–H groups in total. The second-order valence-electron chi connectivity index (χ2n) is 3.43. The van der Waals surface area contributed by atoms with Crippen molar-refractivity contribution in [2.24, 2.45) is 0 Å². The second-order valence-corrected chi connectivity index (χ2v) is 3.43. The van der Waals surface area contributed by atoms with Crippen molar-refractivity contribution in [2.75, 3.05) is 6.61 Å². The molecule has 0 atom stereocenters. The van der Waals surface area contributed by atoms with Crippen LogP contribution >= 0.6 is 0 Å². The zero-order chi connectivity index (χ0) is 11.2. The van der Waals surface area contributed by atoms with Crippen molar-refractivity contribution in [1.29, 1.82) is 0 Å². The van der Waals surface area contributed by atoms with Crippen LogP contribution in [0.1, 0.15) is 18.7 Å². The van der Waals surface area contributed by atoms with Gasteiger partial charge in [-0.3, -0.25) is 4.98 Å². The quantitative estimate of drug-likeness (QED) is 0.770. The van der Waals surface area contributed by atoms with Crippen molar-refractivity contribution < 1.29 is 9.63 Å². The third-order valence-corrected chi connectivity index (χ3v) is 2.19. The molecule has 0 aliphatic rings. The van der Waals surface area contributed by atoms with Crippen molar-refractivity contribution in [3.8, 4) is 11.4 Å². The van der Waals surface area contributed by atoms with Gasteiger partial charge in [0.2, 0.25) is 11.7 Å². The van der Waals surface area contributed by atoms with Crippen molar-refractivity contribution in [1.82, 2.24) is 15.1 Å². The molecule has 0 aliphatic carbocycles. The first-order chi connectivity index (χ1) is 7.90. The fourth-order valence-corrected chi connectivity index (χ4v) is 1.36. The van der Waals surface area contributed by atoms with E-state index in [9.17, 15) is 0 Å². The first-order valence-corrected chi connectivity index (χ1v) is 5.24. The van der Waals surface area contributed by atoms with Gasteiger partial charge < -0.3 is 9.63 Å². The molecule has 5 heteroatoms. The highest BCUT2D eigenvalue weighted by atomic mass is 16.5. The zero-order valence-electron chi connectivity index (χ0n) is 8.83. The van der Waals surface area contributed by atoms with E-state index in [-0.39, 0.29) is 6.61 Å². The minimum Gasteiger partial charge on any atom is -0.396 e. The standard InChI is InChI=1S/C11H13N3O2/c15-7-2-1-5-10-13-11(14-16-10)9-4-3-6-12-8-9/h3-4,6,8,15H,1-2,5,7H2. The first-order valence-electron chi connectivity index (χ1n) is 5.24. The Hall–Kier alpha value is -1.75. The Morgan fingerprint density at radius 1 is 1.31 bits per heavy atom. The number of unbranched alkanes of at least 4 members (excludes halogenated alkanes) is 1.